The van der Waals surface area contributed by atoms with Crippen LogP contribution in [0, 0.1) is 0 Å². The van der Waals surface area contributed by atoms with Gasteiger partial charge < -0.3 is 20.1 Å². The maximum atomic E-state index is 6.11. The van der Waals surface area contributed by atoms with Gasteiger partial charge >= 0.3 is 0 Å². The fourth-order valence-corrected chi connectivity index (χ4v) is 2.17. The number of ether oxygens (including phenoxy) is 2. The second-order valence-corrected chi connectivity index (χ2v) is 4.60. The molecule has 106 valence electrons. The van der Waals surface area contributed by atoms with E-state index in [1.165, 1.54) is 0 Å². The van der Waals surface area contributed by atoms with Crippen molar-refractivity contribution in [1.82, 2.24) is 0 Å². The van der Waals surface area contributed by atoms with Crippen molar-refractivity contribution in [3.63, 3.8) is 0 Å². The molecule has 0 saturated carbocycles. The Balaban J connectivity index is 2.21. The Morgan fingerprint density at radius 2 is 1.80 bits per heavy atom. The van der Waals surface area contributed by atoms with Crippen molar-refractivity contribution in [2.75, 3.05) is 31.9 Å². The highest BCUT2D eigenvalue weighted by atomic mass is 16.5. The van der Waals surface area contributed by atoms with Crippen molar-refractivity contribution in [1.29, 1.82) is 0 Å². The molecule has 0 heterocycles. The molecule has 0 aliphatic carbocycles. The summed E-state index contributed by atoms with van der Waals surface area (Å²) in [4.78, 5) is 2.09. The summed E-state index contributed by atoms with van der Waals surface area (Å²) in [6.07, 6.45) is 0. The molecule has 2 N–H and O–H groups in total. The molecular formula is C16H20N2O2. The van der Waals surface area contributed by atoms with E-state index in [4.69, 9.17) is 15.2 Å². The molecule has 0 aliphatic heterocycles. The highest BCUT2D eigenvalue weighted by molar-refractivity contribution is 5.73. The number of methoxy groups -OCH3 is 2. The average Bonchev–Trinajstić information content (AvgIpc) is 2.47. The maximum Gasteiger partial charge on any atom is 0.143 e. The third kappa shape index (κ3) is 2.96. The Bertz CT molecular complexity index is 584. The second-order valence-electron chi connectivity index (χ2n) is 4.60. The quantitative estimate of drug-likeness (QED) is 0.850. The van der Waals surface area contributed by atoms with Gasteiger partial charge in [0.25, 0.3) is 0 Å². The number of benzene rings is 2. The van der Waals surface area contributed by atoms with Gasteiger partial charge in [-0.2, -0.15) is 0 Å². The van der Waals surface area contributed by atoms with Crippen molar-refractivity contribution < 1.29 is 9.47 Å². The number of hydrogen-bond acceptors (Lipinski definition) is 4. The first-order valence-corrected chi connectivity index (χ1v) is 6.42. The zero-order valence-corrected chi connectivity index (χ0v) is 12.1. The molecule has 2 aromatic rings. The molecule has 20 heavy (non-hydrogen) atoms. The van der Waals surface area contributed by atoms with E-state index in [1.54, 1.807) is 14.2 Å². The molecule has 0 unspecified atom stereocenters. The van der Waals surface area contributed by atoms with E-state index < -0.39 is 0 Å². The van der Waals surface area contributed by atoms with Gasteiger partial charge in [0.15, 0.2) is 0 Å². The molecule has 4 heteroatoms. The van der Waals surface area contributed by atoms with E-state index in [1.807, 2.05) is 43.4 Å². The summed E-state index contributed by atoms with van der Waals surface area (Å²) in [6, 6.07) is 13.8. The number of para-hydroxylation sites is 1. The molecule has 0 radical (unpaired) electrons. The first kappa shape index (κ1) is 14.1. The van der Waals surface area contributed by atoms with Gasteiger partial charge in [0.1, 0.15) is 11.5 Å². The van der Waals surface area contributed by atoms with Gasteiger partial charge in [0, 0.05) is 13.6 Å². The van der Waals surface area contributed by atoms with E-state index in [-0.39, 0.29) is 0 Å². The second kappa shape index (κ2) is 6.19. The number of nitrogens with two attached hydrogens (primary N) is 1. The number of nitrogen functional groups attached to an aromatic ring is 1. The molecule has 4 nitrogen and oxygen atoms in total. The van der Waals surface area contributed by atoms with Crippen LogP contribution in [0.1, 0.15) is 5.56 Å². The first-order valence-electron chi connectivity index (χ1n) is 6.42. The van der Waals surface area contributed by atoms with Crippen molar-refractivity contribution in [3.8, 4) is 11.5 Å². The molecule has 0 bridgehead atoms. The Morgan fingerprint density at radius 3 is 2.50 bits per heavy atom. The monoisotopic (exact) mass is 272 g/mol. The van der Waals surface area contributed by atoms with E-state index in [9.17, 15) is 0 Å². The Morgan fingerprint density at radius 1 is 1.05 bits per heavy atom. The van der Waals surface area contributed by atoms with Gasteiger partial charge in [-0.1, -0.05) is 18.2 Å². The molecule has 2 aromatic carbocycles. The largest absolute Gasteiger partial charge is 0.497 e. The summed E-state index contributed by atoms with van der Waals surface area (Å²) in [6.45, 7) is 0.745. The maximum absolute atomic E-state index is 6.11. The lowest BCUT2D eigenvalue weighted by Gasteiger charge is -2.22. The number of anilines is 2. The third-order valence-electron chi connectivity index (χ3n) is 3.23. The molecule has 2 rings (SSSR count). The molecular weight excluding hydrogens is 252 g/mol. The van der Waals surface area contributed by atoms with Crippen LogP contribution in [0.2, 0.25) is 0 Å². The van der Waals surface area contributed by atoms with Crippen LogP contribution in [0.4, 0.5) is 11.4 Å². The van der Waals surface area contributed by atoms with Gasteiger partial charge in [-0.25, -0.2) is 0 Å². The van der Waals surface area contributed by atoms with Gasteiger partial charge in [0.05, 0.1) is 25.6 Å². The lowest BCUT2D eigenvalue weighted by atomic mass is 10.1. The van der Waals surface area contributed by atoms with E-state index >= 15 is 0 Å². The zero-order valence-electron chi connectivity index (χ0n) is 12.1. The summed E-state index contributed by atoms with van der Waals surface area (Å²) in [5, 5.41) is 0. The van der Waals surface area contributed by atoms with Crippen LogP contribution in [-0.2, 0) is 6.54 Å². The zero-order chi connectivity index (χ0) is 14.5. The van der Waals surface area contributed by atoms with E-state index in [0.29, 0.717) is 11.4 Å². The number of nitrogens with zero attached hydrogens (tertiary/aromatic N) is 1. The molecule has 0 fully saturated rings. The lowest BCUT2D eigenvalue weighted by molar-refractivity contribution is 0.414. The lowest BCUT2D eigenvalue weighted by Crippen LogP contribution is -2.18. The van der Waals surface area contributed by atoms with E-state index in [0.717, 1.165) is 23.5 Å². The van der Waals surface area contributed by atoms with Crippen molar-refractivity contribution in [3.05, 3.63) is 48.0 Å². The third-order valence-corrected chi connectivity index (χ3v) is 3.23. The molecule has 0 spiro atoms. The van der Waals surface area contributed by atoms with Gasteiger partial charge in [-0.05, 0) is 29.8 Å². The fraction of sp³-hybridized carbons (Fsp3) is 0.250. The highest BCUT2D eigenvalue weighted by Gasteiger charge is 2.10. The van der Waals surface area contributed by atoms with Crippen LogP contribution in [-0.4, -0.2) is 21.3 Å². The standard InChI is InChI=1S/C16H20N2O2/c1-18(11-12-6-4-7-13(10-12)19-2)14-8-5-9-15(20-3)16(14)17/h4-10H,11,17H2,1-3H3. The normalized spacial score (nSPS) is 10.2. The van der Waals surface area contributed by atoms with Crippen LogP contribution in [0.3, 0.4) is 0 Å². The minimum atomic E-state index is 0.653. The molecule has 0 aliphatic rings. The molecule has 0 amide bonds. The highest BCUT2D eigenvalue weighted by Crippen LogP contribution is 2.32. The van der Waals surface area contributed by atoms with Crippen molar-refractivity contribution >= 4 is 11.4 Å². The van der Waals surface area contributed by atoms with Crippen LogP contribution in [0.15, 0.2) is 42.5 Å². The Labute approximate surface area is 119 Å². The smallest absolute Gasteiger partial charge is 0.143 e. The average molecular weight is 272 g/mol. The van der Waals surface area contributed by atoms with Gasteiger partial charge in [-0.3, -0.25) is 0 Å². The SMILES string of the molecule is COc1cccc(CN(C)c2cccc(OC)c2N)c1. The van der Waals surface area contributed by atoms with Crippen LogP contribution >= 0.6 is 0 Å². The minimum absolute atomic E-state index is 0.653. The van der Waals surface area contributed by atoms with Gasteiger partial charge in [-0.15, -0.1) is 0 Å². The summed E-state index contributed by atoms with van der Waals surface area (Å²) in [5.41, 5.74) is 8.88. The van der Waals surface area contributed by atoms with Crippen molar-refractivity contribution in [2.24, 2.45) is 0 Å². The van der Waals surface area contributed by atoms with Crippen LogP contribution in [0.25, 0.3) is 0 Å². The predicted octanol–water partition coefficient (Wildman–Crippen LogP) is 2.92. The van der Waals surface area contributed by atoms with Crippen LogP contribution in [0.5, 0.6) is 11.5 Å². The van der Waals surface area contributed by atoms with Crippen LogP contribution < -0.4 is 20.1 Å². The minimum Gasteiger partial charge on any atom is -0.497 e. The Hall–Kier alpha value is -2.36. The van der Waals surface area contributed by atoms with E-state index in [2.05, 4.69) is 11.0 Å². The predicted molar refractivity (Wildman–Crippen MR) is 82.5 cm³/mol. The summed E-state index contributed by atoms with van der Waals surface area (Å²) < 4.78 is 10.5. The number of hydrogen-bond donors (Lipinski definition) is 1. The molecule has 0 aromatic heterocycles. The summed E-state index contributed by atoms with van der Waals surface area (Å²) >= 11 is 0. The van der Waals surface area contributed by atoms with Gasteiger partial charge in [0.2, 0.25) is 0 Å². The first-order chi connectivity index (χ1) is 9.65. The van der Waals surface area contributed by atoms with Crippen molar-refractivity contribution in [2.45, 2.75) is 6.54 Å². The summed E-state index contributed by atoms with van der Waals surface area (Å²) in [5.74, 6) is 1.55. The summed E-state index contributed by atoms with van der Waals surface area (Å²) in [7, 11) is 5.30. The number of rotatable bonds is 5. The molecule has 0 atom stereocenters. The topological polar surface area (TPSA) is 47.7 Å². The molecule has 0 saturated heterocycles. The fourth-order valence-electron chi connectivity index (χ4n) is 2.17. The Kier molecular flexibility index (Phi) is 4.35.